The van der Waals surface area contributed by atoms with Crippen LogP contribution in [0.2, 0.25) is 0 Å². The first-order chi connectivity index (χ1) is 28.7. The SMILES string of the molecule is C=CC=C1/C(=C\C)c2cccc(N(c3ccc4c(c3)C(C)(C)C3=C4C=C=CC=C3)c3ccc4c(c3)C(C)(C)c3ccccc3-4)c2C12c1ccccc1Oc1ccccc12. The Morgan fingerprint density at radius 3 is 1.93 bits per heavy atom. The van der Waals surface area contributed by atoms with Gasteiger partial charge in [0.05, 0.1) is 11.1 Å². The Morgan fingerprint density at radius 2 is 1.24 bits per heavy atom. The molecule has 0 saturated heterocycles. The van der Waals surface area contributed by atoms with Crippen molar-refractivity contribution >= 4 is 28.2 Å². The molecule has 0 saturated carbocycles. The molecule has 0 N–H and O–H groups in total. The van der Waals surface area contributed by atoms with Gasteiger partial charge in [0.1, 0.15) is 11.5 Å². The molecule has 11 rings (SSSR count). The van der Waals surface area contributed by atoms with Crippen molar-refractivity contribution in [2.75, 3.05) is 4.90 Å². The summed E-state index contributed by atoms with van der Waals surface area (Å²) >= 11 is 0. The standard InChI is InChI=1S/C57H45NO/c1-7-19-46-38(8-2)43-22-18-27-51(54(43)57(46)47-25-14-16-28-52(47)59-53-29-17-15-26-48(53)57)58(37-31-33-42-40-21-12-13-24-45(40)56(5,6)50(42)35-37)36-30-32-41-39-20-10-9-11-23-44(39)55(3,4)49(41)34-36/h7-9,11-35H,1H2,2-6H3/b38-8-,46-19?. The highest BCUT2D eigenvalue weighted by molar-refractivity contribution is 6.01. The van der Waals surface area contributed by atoms with E-state index < -0.39 is 5.41 Å². The summed E-state index contributed by atoms with van der Waals surface area (Å²) < 4.78 is 6.77. The van der Waals surface area contributed by atoms with E-state index in [2.05, 4.69) is 210 Å². The number of para-hydroxylation sites is 2. The fourth-order valence-corrected chi connectivity index (χ4v) is 11.1. The first-order valence-corrected chi connectivity index (χ1v) is 20.7. The Labute approximate surface area is 347 Å². The molecule has 0 bridgehead atoms. The molecule has 0 fully saturated rings. The third-order valence-corrected chi connectivity index (χ3v) is 13.7. The van der Waals surface area contributed by atoms with Gasteiger partial charge in [-0.2, -0.15) is 0 Å². The van der Waals surface area contributed by atoms with Crippen LogP contribution in [0.4, 0.5) is 17.1 Å². The van der Waals surface area contributed by atoms with Gasteiger partial charge in [-0.25, -0.2) is 0 Å². The van der Waals surface area contributed by atoms with Gasteiger partial charge in [0.15, 0.2) is 0 Å². The van der Waals surface area contributed by atoms with Crippen molar-refractivity contribution in [1.82, 2.24) is 0 Å². The Balaban J connectivity index is 1.24. The van der Waals surface area contributed by atoms with E-state index in [9.17, 15) is 0 Å². The van der Waals surface area contributed by atoms with Crippen LogP contribution in [0.15, 0.2) is 193 Å². The maximum Gasteiger partial charge on any atom is 0.132 e. The van der Waals surface area contributed by atoms with Gasteiger partial charge in [-0.05, 0) is 123 Å². The zero-order valence-electron chi connectivity index (χ0n) is 34.2. The number of fused-ring (bicyclic) bond motifs is 11. The molecule has 0 unspecified atom stereocenters. The van der Waals surface area contributed by atoms with Gasteiger partial charge >= 0.3 is 0 Å². The fourth-order valence-electron chi connectivity index (χ4n) is 11.1. The molecule has 0 atom stereocenters. The number of ether oxygens (including phenoxy) is 1. The van der Waals surface area contributed by atoms with Gasteiger partial charge in [-0.15, -0.1) is 5.73 Å². The van der Waals surface area contributed by atoms with E-state index in [1.807, 2.05) is 12.2 Å². The van der Waals surface area contributed by atoms with Crippen molar-refractivity contribution in [3.05, 3.63) is 238 Å². The molecule has 6 aromatic carbocycles. The summed E-state index contributed by atoms with van der Waals surface area (Å²) in [6, 6.07) is 47.2. The first-order valence-electron chi connectivity index (χ1n) is 20.7. The highest BCUT2D eigenvalue weighted by Gasteiger charge is 2.54. The largest absolute Gasteiger partial charge is 0.457 e. The van der Waals surface area contributed by atoms with Crippen LogP contribution in [-0.4, -0.2) is 0 Å². The molecular formula is C57H45NO. The molecular weight excluding hydrogens is 715 g/mol. The summed E-state index contributed by atoms with van der Waals surface area (Å²) in [5.74, 6) is 1.73. The second-order valence-electron chi connectivity index (χ2n) is 17.3. The van der Waals surface area contributed by atoms with Gasteiger partial charge < -0.3 is 9.64 Å². The number of hydrogen-bond donors (Lipinski definition) is 0. The average molecular weight is 760 g/mol. The third kappa shape index (κ3) is 4.64. The highest BCUT2D eigenvalue weighted by Crippen LogP contribution is 2.66. The monoisotopic (exact) mass is 759 g/mol. The number of allylic oxidation sites excluding steroid dienone is 10. The third-order valence-electron chi connectivity index (χ3n) is 13.7. The van der Waals surface area contributed by atoms with Gasteiger partial charge in [0.2, 0.25) is 0 Å². The lowest BCUT2D eigenvalue weighted by molar-refractivity contribution is 0.436. The minimum atomic E-state index is -0.700. The van der Waals surface area contributed by atoms with Crippen molar-refractivity contribution in [3.63, 3.8) is 0 Å². The molecule has 5 aliphatic rings. The maximum absolute atomic E-state index is 6.77. The van der Waals surface area contributed by atoms with Gasteiger partial charge in [-0.3, -0.25) is 0 Å². The predicted molar refractivity (Wildman–Crippen MR) is 245 cm³/mol. The van der Waals surface area contributed by atoms with E-state index in [0.717, 1.165) is 39.7 Å². The van der Waals surface area contributed by atoms with Crippen LogP contribution in [0, 0.1) is 0 Å². The number of benzene rings is 6. The van der Waals surface area contributed by atoms with Crippen molar-refractivity contribution in [1.29, 1.82) is 0 Å². The van der Waals surface area contributed by atoms with Crippen molar-refractivity contribution in [3.8, 4) is 22.6 Å². The van der Waals surface area contributed by atoms with Crippen molar-refractivity contribution < 1.29 is 4.74 Å². The second kappa shape index (κ2) is 12.6. The number of rotatable bonds is 4. The Morgan fingerprint density at radius 1 is 0.627 bits per heavy atom. The van der Waals surface area contributed by atoms with Crippen LogP contribution in [0.1, 0.15) is 79.1 Å². The fraction of sp³-hybridized carbons (Fsp3) is 0.140. The number of hydrogen-bond acceptors (Lipinski definition) is 2. The molecule has 2 nitrogen and oxygen atoms in total. The molecule has 0 radical (unpaired) electrons. The molecule has 1 spiro atoms. The van der Waals surface area contributed by atoms with E-state index in [-0.39, 0.29) is 10.8 Å². The molecule has 59 heavy (non-hydrogen) atoms. The van der Waals surface area contributed by atoms with Crippen molar-refractivity contribution in [2.45, 2.75) is 50.9 Å². The van der Waals surface area contributed by atoms with Crippen LogP contribution in [-0.2, 0) is 16.2 Å². The van der Waals surface area contributed by atoms with Gasteiger partial charge in [0.25, 0.3) is 0 Å². The van der Waals surface area contributed by atoms with Crippen LogP contribution in [0.25, 0.3) is 22.3 Å². The molecule has 1 aliphatic heterocycles. The normalized spacial score (nSPS) is 18.7. The van der Waals surface area contributed by atoms with E-state index >= 15 is 0 Å². The first kappa shape index (κ1) is 35.3. The lowest BCUT2D eigenvalue weighted by Gasteiger charge is -2.41. The number of anilines is 3. The summed E-state index contributed by atoms with van der Waals surface area (Å²) in [7, 11) is 0. The molecule has 1 heterocycles. The topological polar surface area (TPSA) is 12.5 Å². The molecule has 6 aromatic rings. The van der Waals surface area contributed by atoms with Crippen molar-refractivity contribution in [2.24, 2.45) is 0 Å². The summed E-state index contributed by atoms with van der Waals surface area (Å²) in [5.41, 5.74) is 23.2. The van der Waals surface area contributed by atoms with Crippen LogP contribution in [0.3, 0.4) is 0 Å². The quantitative estimate of drug-likeness (QED) is 0.166. The Kier molecular flexibility index (Phi) is 7.52. The van der Waals surface area contributed by atoms with Crippen LogP contribution in [0.5, 0.6) is 11.5 Å². The zero-order chi connectivity index (χ0) is 40.3. The molecule has 2 heteroatoms. The van der Waals surface area contributed by atoms with Crippen LogP contribution >= 0.6 is 0 Å². The lowest BCUT2D eigenvalue weighted by Crippen LogP contribution is -2.33. The minimum Gasteiger partial charge on any atom is -0.457 e. The Bertz CT molecular complexity index is 3000. The van der Waals surface area contributed by atoms with E-state index in [1.54, 1.807) is 0 Å². The Hall–Kier alpha value is -6.86. The molecule has 4 aliphatic carbocycles. The summed E-state index contributed by atoms with van der Waals surface area (Å²) in [5, 5.41) is 0. The van der Waals surface area contributed by atoms with E-state index in [0.29, 0.717) is 0 Å². The highest BCUT2D eigenvalue weighted by atomic mass is 16.5. The summed E-state index contributed by atoms with van der Waals surface area (Å²) in [4.78, 5) is 2.54. The van der Waals surface area contributed by atoms with Gasteiger partial charge in [0, 0.05) is 38.9 Å². The average Bonchev–Trinajstić information content (AvgIpc) is 3.60. The summed E-state index contributed by atoms with van der Waals surface area (Å²) in [6.45, 7) is 15.9. The molecule has 0 amide bonds. The van der Waals surface area contributed by atoms with Gasteiger partial charge in [-0.1, -0.05) is 150 Å². The summed E-state index contributed by atoms with van der Waals surface area (Å²) in [6.07, 6.45) is 15.0. The van der Waals surface area contributed by atoms with E-state index in [1.165, 1.54) is 66.8 Å². The minimum absolute atomic E-state index is 0.169. The molecule has 284 valence electrons. The smallest absolute Gasteiger partial charge is 0.132 e. The molecule has 0 aromatic heterocycles. The lowest BCUT2D eigenvalue weighted by atomic mass is 9.65. The second-order valence-corrected chi connectivity index (χ2v) is 17.3. The van der Waals surface area contributed by atoms with E-state index in [4.69, 9.17) is 4.74 Å². The predicted octanol–water partition coefficient (Wildman–Crippen LogP) is 14.8. The zero-order valence-corrected chi connectivity index (χ0v) is 34.2. The maximum atomic E-state index is 6.77. The van der Waals surface area contributed by atoms with Crippen LogP contribution < -0.4 is 9.64 Å². The number of nitrogens with zero attached hydrogens (tertiary/aromatic N) is 1.